The Labute approximate surface area is 806 Å². The number of nitrogens with zero attached hydrogens (tertiary/aromatic N) is 3. The summed E-state index contributed by atoms with van der Waals surface area (Å²) in [5.41, 5.74) is 10.4. The van der Waals surface area contributed by atoms with Gasteiger partial charge >= 0.3 is 0 Å². The van der Waals surface area contributed by atoms with Crippen LogP contribution in [-0.2, 0) is 5.04 Å². The van der Waals surface area contributed by atoms with Gasteiger partial charge in [0.05, 0.1) is 15.7 Å². The highest BCUT2D eigenvalue weighted by atomic mass is 29.3. The summed E-state index contributed by atoms with van der Waals surface area (Å²) >= 11 is 0. The van der Waals surface area contributed by atoms with Crippen LogP contribution in [0.1, 0.15) is 236 Å². The van der Waals surface area contributed by atoms with Gasteiger partial charge in [0, 0.05) is 91.2 Å². The molecule has 8 rings (SSSR count). The van der Waals surface area contributed by atoms with E-state index in [2.05, 4.69) is 523 Å². The summed E-state index contributed by atoms with van der Waals surface area (Å²) in [6.07, 6.45) is 7.05. The Hall–Kier alpha value is -5.18. The van der Waals surface area contributed by atoms with Crippen molar-refractivity contribution in [3.63, 3.8) is 0 Å². The first-order chi connectivity index (χ1) is 59.3. The van der Waals surface area contributed by atoms with Gasteiger partial charge in [-0.15, -0.1) is 0 Å². The van der Waals surface area contributed by atoms with E-state index in [9.17, 15) is 0 Å². The minimum Gasteiger partial charge on any atom is -0.388 e. The highest BCUT2D eigenvalue weighted by Crippen LogP contribution is 2.49. The van der Waals surface area contributed by atoms with Gasteiger partial charge in [-0.25, -0.2) is 0 Å². The van der Waals surface area contributed by atoms with Crippen molar-refractivity contribution in [2.75, 3.05) is 64.5 Å². The molecule has 0 heterocycles. The molecule has 127 heavy (non-hydrogen) atoms. The molecule has 5 nitrogen and oxygen atoms in total. The third-order valence-corrected chi connectivity index (χ3v) is 69.4. The molecule has 0 aromatic heterocycles. The summed E-state index contributed by atoms with van der Waals surface area (Å²) in [6.45, 7) is 97.9. The number of benzene rings is 8. The van der Waals surface area contributed by atoms with Crippen LogP contribution in [0, 0.1) is 21.7 Å². The van der Waals surface area contributed by atoms with Crippen molar-refractivity contribution >= 4 is 96.9 Å². The Bertz CT molecular complexity index is 3970. The molecule has 8 aromatic carbocycles. The lowest BCUT2D eigenvalue weighted by Gasteiger charge is -2.45. The molecule has 0 aliphatic carbocycles. The van der Waals surface area contributed by atoms with Crippen molar-refractivity contribution in [2.45, 2.75) is 363 Å². The average molecular weight is 1880 g/mol. The number of hydrogen-bond donors (Lipinski definition) is 2. The van der Waals surface area contributed by atoms with Crippen LogP contribution in [0.2, 0.25) is 137 Å². The molecule has 0 saturated heterocycles. The Balaban J connectivity index is -0.000000691. The third kappa shape index (κ3) is 45.4. The zero-order valence-corrected chi connectivity index (χ0v) is 101. The fourth-order valence-corrected chi connectivity index (χ4v) is 28.1. The molecule has 2 N–H and O–H groups in total. The largest absolute Gasteiger partial charge is 0.388 e. The molecule has 0 aliphatic heterocycles. The van der Waals surface area contributed by atoms with Gasteiger partial charge in [0.25, 0.3) is 0 Å². The van der Waals surface area contributed by atoms with Crippen molar-refractivity contribution in [3.05, 3.63) is 253 Å². The maximum Gasteiger partial charge on any atom is 0.118 e. The van der Waals surface area contributed by atoms with Gasteiger partial charge in [-0.3, -0.25) is 0 Å². The summed E-state index contributed by atoms with van der Waals surface area (Å²) < 4.78 is 24.9. The van der Waals surface area contributed by atoms with E-state index in [0.717, 1.165) is 18.5 Å². The fraction of sp³-hybridized carbons (Fsp3) is 0.579. The first kappa shape index (κ1) is 122. The van der Waals surface area contributed by atoms with E-state index in [4.69, 9.17) is 4.11 Å². The van der Waals surface area contributed by atoms with Crippen molar-refractivity contribution in [1.29, 1.82) is 0 Å². The van der Waals surface area contributed by atoms with E-state index >= 15 is 0 Å². The SMILES string of the molecule is CC(C)c1cccc(C(C)C)c1N(C)C(C)(C)C.CC(c1ccccc1)(c1ccccc1)[Si](C)(C)C.CCC(C)(CC)C(C)(CC)CC.CN(C)[Si](C)(C)C.CN(c1ccccc1)C(C)(C)C.CNC.CNc1ccccc1.C[SiH](C)C.C[SiH](C)C.C[Si](C)(C)[Si](C)(C)C.C[Si](C)(c1ccccc1)[Si](C)(c1ccccc1)c1ccccc1.[2H]C([2H])([2H])C(C)(C)C(C)(CC)CC. The quantitative estimate of drug-likeness (QED) is 0.0701. The van der Waals surface area contributed by atoms with E-state index in [1.165, 1.54) is 59.3 Å². The number of hydrogen-bond acceptors (Lipinski definition) is 5. The lowest BCUT2D eigenvalue weighted by molar-refractivity contribution is 0.0500. The first-order valence-corrected chi connectivity index (χ1v) is 77.1. The molecule has 0 amide bonds. The molecular weight excluding hydrogens is 1660 g/mol. The molecule has 0 bridgehead atoms. The number of nitrogens with one attached hydrogen (secondary N) is 2. The highest BCUT2D eigenvalue weighted by molar-refractivity contribution is 7.54. The lowest BCUT2D eigenvalue weighted by atomic mass is 9.60. The standard InChI is InChI=1S/C21H24Si2.C17H29N.C17H22Si.C12H26.C11H17N.C10H22.C7H9N.C6H18Si2.C5H15NSi.2C3H10Si.C2H7N/c1-22(2,19-13-7-4-8-14-19)23(3,20-15-9-5-10-16-20)21-17-11-6-12-18-21;1-12(2)14-10-9-11-15(13(3)4)16(14)18(8)17(5,6)7;1-17(18(2,3)4,15-11-7-5-8-12-15)16-13-9-6-10-14-16;1-7-11(5,8-2)12(6,9-3)10-4;1-11(2,3)12(4)10-8-6-5-7-9-10;1-7-10(6,8-2)9(3,4)5;1-8-7-5-3-2-4-6-7;1-7(2,3)8(4,5)6;1-6(2)7(3,4)5;2*1-4(2)3;1-3-2/h4-18H,1-3H3;9-13H,1-8H3;5-14H,1-4H3;7-10H2,1-6H3;5-9H,1-4H3;7-8H2,1-6H3;2-6,8H,1H3;1-6H3;1-5H3;2*4H,1-3H3;3H,1-2H3/i;;;;;3D3;;;;;;. The van der Waals surface area contributed by atoms with E-state index in [-0.39, 0.29) is 39.1 Å². The minimum absolute atomic E-state index is 0.0990. The maximum atomic E-state index is 7.53. The van der Waals surface area contributed by atoms with Gasteiger partial charge in [-0.05, 0) is 150 Å². The van der Waals surface area contributed by atoms with Gasteiger partial charge in [-0.2, -0.15) is 0 Å². The minimum atomic E-state index is -1.87. The summed E-state index contributed by atoms with van der Waals surface area (Å²) in [5.74, 6) is 1.12. The second-order valence-corrected chi connectivity index (χ2v) is 95.1. The number of rotatable bonds is 21. The van der Waals surface area contributed by atoms with Crippen LogP contribution in [-0.4, -0.2) is 129 Å². The van der Waals surface area contributed by atoms with Gasteiger partial charge in [0.2, 0.25) is 0 Å². The molecule has 0 saturated carbocycles. The molecular formula is C114H209N5Si8. The number of anilines is 3. The van der Waals surface area contributed by atoms with Crippen LogP contribution in [0.3, 0.4) is 0 Å². The summed E-state index contributed by atoms with van der Waals surface area (Å²) in [6, 6.07) is 82.7. The lowest BCUT2D eigenvalue weighted by Crippen LogP contribution is -2.76. The van der Waals surface area contributed by atoms with Crippen LogP contribution in [0.15, 0.2) is 231 Å². The maximum absolute atomic E-state index is 7.53. The van der Waals surface area contributed by atoms with Gasteiger partial charge in [0.1, 0.15) is 15.8 Å². The van der Waals surface area contributed by atoms with Gasteiger partial charge in [0.15, 0.2) is 0 Å². The van der Waals surface area contributed by atoms with Crippen LogP contribution in [0.4, 0.5) is 17.1 Å². The predicted molar refractivity (Wildman–Crippen MR) is 617 cm³/mol. The van der Waals surface area contributed by atoms with Crippen molar-refractivity contribution in [1.82, 2.24) is 9.88 Å². The first-order valence-electron chi connectivity index (χ1n) is 50.2. The average Bonchev–Trinajstić information content (AvgIpc) is 0.739. The summed E-state index contributed by atoms with van der Waals surface area (Å²) in [5, 5.41) is 10.6. The molecule has 0 unspecified atom stereocenters. The molecule has 0 atom stereocenters. The van der Waals surface area contributed by atoms with Crippen LogP contribution in [0.25, 0.3) is 0 Å². The number of para-hydroxylation sites is 3. The Morgan fingerprint density at radius 2 is 0.591 bits per heavy atom. The summed E-state index contributed by atoms with van der Waals surface area (Å²) in [7, 11) is 6.77. The van der Waals surface area contributed by atoms with Gasteiger partial charge < -0.3 is 25.0 Å². The molecule has 722 valence electrons. The topological polar surface area (TPSA) is 33.8 Å². The Kier molecular flexibility index (Phi) is 57.7. The fourth-order valence-electron chi connectivity index (χ4n) is 13.4. The van der Waals surface area contributed by atoms with Gasteiger partial charge in [-0.1, -0.05) is 515 Å². The zero-order chi connectivity index (χ0) is 102. The van der Waals surface area contributed by atoms with E-state index < -0.39 is 58.9 Å². The molecule has 0 spiro atoms. The van der Waals surface area contributed by atoms with E-state index in [1.54, 1.807) is 15.6 Å². The van der Waals surface area contributed by atoms with Crippen molar-refractivity contribution < 1.29 is 4.11 Å². The molecule has 0 aliphatic rings. The van der Waals surface area contributed by atoms with E-state index in [1.807, 2.05) is 71.4 Å². The molecule has 13 heteroatoms. The molecule has 0 fully saturated rings. The summed E-state index contributed by atoms with van der Waals surface area (Å²) in [4.78, 5) is 4.70. The second-order valence-electron chi connectivity index (χ2n) is 45.4. The Morgan fingerprint density at radius 1 is 0.346 bits per heavy atom. The van der Waals surface area contributed by atoms with Crippen LogP contribution < -0.4 is 36.0 Å². The Morgan fingerprint density at radius 3 is 0.787 bits per heavy atom. The normalized spacial score (nSPS) is 12.4. The highest BCUT2D eigenvalue weighted by Gasteiger charge is 2.49. The predicted octanol–water partition coefficient (Wildman–Crippen LogP) is 32.9. The van der Waals surface area contributed by atoms with Crippen molar-refractivity contribution in [3.8, 4) is 0 Å². The third-order valence-electron chi connectivity index (χ3n) is 27.8. The second kappa shape index (κ2) is 60.1. The monoisotopic (exact) mass is 1880 g/mol. The zero-order valence-electron chi connectivity index (χ0n) is 95.8. The van der Waals surface area contributed by atoms with Crippen LogP contribution >= 0.6 is 0 Å². The smallest absolute Gasteiger partial charge is 0.118 e. The van der Waals surface area contributed by atoms with Crippen LogP contribution in [0.5, 0.6) is 0 Å². The molecule has 8 aromatic rings. The van der Waals surface area contributed by atoms with Crippen molar-refractivity contribution in [2.24, 2.45) is 21.7 Å². The van der Waals surface area contributed by atoms with E-state index in [0.29, 0.717) is 22.7 Å². The molecule has 0 radical (unpaired) electrons.